The van der Waals surface area contributed by atoms with Gasteiger partial charge in [-0.2, -0.15) is 0 Å². The maximum atomic E-state index is 12.4. The number of amides is 1. The lowest BCUT2D eigenvalue weighted by molar-refractivity contribution is -0.133. The van der Waals surface area contributed by atoms with Crippen LogP contribution in [-0.2, 0) is 17.6 Å². The molecule has 1 aliphatic heterocycles. The standard InChI is InChI=1S/C22H28N2O2/c1-3-18-9-8-10-19(4-2)22(18)24-15-13-23(14-16-24)21(25)17-26-20-11-6-5-7-12-20/h5-12H,3-4,13-17H2,1-2H3. The Morgan fingerprint density at radius 1 is 0.885 bits per heavy atom. The van der Waals surface area contributed by atoms with Crippen molar-refractivity contribution in [1.29, 1.82) is 0 Å². The monoisotopic (exact) mass is 352 g/mol. The zero-order valence-corrected chi connectivity index (χ0v) is 15.8. The normalized spacial score (nSPS) is 14.4. The number of hydrogen-bond acceptors (Lipinski definition) is 3. The first-order valence-electron chi connectivity index (χ1n) is 9.54. The minimum Gasteiger partial charge on any atom is -0.484 e. The van der Waals surface area contributed by atoms with Gasteiger partial charge in [0.25, 0.3) is 5.91 Å². The molecule has 2 aromatic carbocycles. The molecule has 1 amide bonds. The highest BCUT2D eigenvalue weighted by atomic mass is 16.5. The van der Waals surface area contributed by atoms with Crippen molar-refractivity contribution in [3.8, 4) is 5.75 Å². The van der Waals surface area contributed by atoms with E-state index in [-0.39, 0.29) is 12.5 Å². The molecule has 0 saturated carbocycles. The third-order valence-electron chi connectivity index (χ3n) is 5.02. The largest absolute Gasteiger partial charge is 0.484 e. The van der Waals surface area contributed by atoms with Crippen LogP contribution in [0.4, 0.5) is 5.69 Å². The van der Waals surface area contributed by atoms with Crippen molar-refractivity contribution >= 4 is 11.6 Å². The molecule has 0 unspecified atom stereocenters. The molecule has 2 aromatic rings. The summed E-state index contributed by atoms with van der Waals surface area (Å²) >= 11 is 0. The fourth-order valence-corrected chi connectivity index (χ4v) is 3.55. The summed E-state index contributed by atoms with van der Waals surface area (Å²) in [5.74, 6) is 0.803. The van der Waals surface area contributed by atoms with Crippen LogP contribution < -0.4 is 9.64 Å². The number of piperazine rings is 1. The second-order valence-corrected chi connectivity index (χ2v) is 6.60. The topological polar surface area (TPSA) is 32.8 Å². The van der Waals surface area contributed by atoms with Gasteiger partial charge in [0.05, 0.1) is 0 Å². The molecule has 138 valence electrons. The van der Waals surface area contributed by atoms with Gasteiger partial charge in [0, 0.05) is 31.9 Å². The number of rotatable bonds is 6. The van der Waals surface area contributed by atoms with E-state index >= 15 is 0 Å². The Morgan fingerprint density at radius 2 is 1.50 bits per heavy atom. The maximum absolute atomic E-state index is 12.4. The first-order valence-corrected chi connectivity index (χ1v) is 9.54. The molecule has 0 aromatic heterocycles. The van der Waals surface area contributed by atoms with Crippen LogP contribution in [0.1, 0.15) is 25.0 Å². The van der Waals surface area contributed by atoms with Crippen LogP contribution >= 0.6 is 0 Å². The van der Waals surface area contributed by atoms with Crippen LogP contribution in [0.3, 0.4) is 0 Å². The minimum absolute atomic E-state index is 0.0630. The van der Waals surface area contributed by atoms with Crippen LogP contribution in [0.15, 0.2) is 48.5 Å². The summed E-state index contributed by atoms with van der Waals surface area (Å²) < 4.78 is 5.60. The van der Waals surface area contributed by atoms with Crippen molar-refractivity contribution < 1.29 is 9.53 Å². The zero-order valence-electron chi connectivity index (χ0n) is 15.8. The molecule has 0 radical (unpaired) electrons. The highest BCUT2D eigenvalue weighted by Gasteiger charge is 2.23. The number of carbonyl (C=O) groups excluding carboxylic acids is 1. The van der Waals surface area contributed by atoms with Crippen molar-refractivity contribution in [2.75, 3.05) is 37.7 Å². The number of aryl methyl sites for hydroxylation is 2. The summed E-state index contributed by atoms with van der Waals surface area (Å²) in [6.45, 7) is 7.77. The second kappa shape index (κ2) is 8.75. The van der Waals surface area contributed by atoms with E-state index in [0.717, 1.165) is 44.8 Å². The van der Waals surface area contributed by atoms with Gasteiger partial charge >= 0.3 is 0 Å². The van der Waals surface area contributed by atoms with Crippen molar-refractivity contribution in [2.45, 2.75) is 26.7 Å². The molecular formula is C22H28N2O2. The highest BCUT2D eigenvalue weighted by molar-refractivity contribution is 5.78. The Morgan fingerprint density at radius 3 is 2.08 bits per heavy atom. The van der Waals surface area contributed by atoms with Gasteiger partial charge in [-0.25, -0.2) is 0 Å². The van der Waals surface area contributed by atoms with Crippen LogP contribution in [-0.4, -0.2) is 43.6 Å². The van der Waals surface area contributed by atoms with Crippen LogP contribution in [0, 0.1) is 0 Å². The van der Waals surface area contributed by atoms with Crippen molar-refractivity contribution in [3.05, 3.63) is 59.7 Å². The molecule has 1 aliphatic rings. The molecule has 1 heterocycles. The average Bonchev–Trinajstić information content (AvgIpc) is 2.72. The van der Waals surface area contributed by atoms with E-state index < -0.39 is 0 Å². The predicted octanol–water partition coefficient (Wildman–Crippen LogP) is 3.54. The summed E-state index contributed by atoms with van der Waals surface area (Å²) in [6, 6.07) is 16.1. The molecule has 0 aliphatic carbocycles. The smallest absolute Gasteiger partial charge is 0.260 e. The van der Waals surface area contributed by atoms with Gasteiger partial charge in [0.15, 0.2) is 6.61 Å². The van der Waals surface area contributed by atoms with Gasteiger partial charge in [-0.15, -0.1) is 0 Å². The van der Waals surface area contributed by atoms with Crippen LogP contribution in [0.5, 0.6) is 5.75 Å². The van der Waals surface area contributed by atoms with Crippen LogP contribution in [0.25, 0.3) is 0 Å². The molecule has 4 nitrogen and oxygen atoms in total. The number of para-hydroxylation sites is 2. The molecule has 1 saturated heterocycles. The summed E-state index contributed by atoms with van der Waals surface area (Å²) in [7, 11) is 0. The Kier molecular flexibility index (Phi) is 6.16. The highest BCUT2D eigenvalue weighted by Crippen LogP contribution is 2.28. The number of benzene rings is 2. The Labute approximate surface area is 156 Å². The SMILES string of the molecule is CCc1cccc(CC)c1N1CCN(C(=O)COc2ccccc2)CC1. The van der Waals surface area contributed by atoms with Gasteiger partial charge in [0.2, 0.25) is 0 Å². The van der Waals surface area contributed by atoms with E-state index in [1.165, 1.54) is 16.8 Å². The van der Waals surface area contributed by atoms with Crippen molar-refractivity contribution in [2.24, 2.45) is 0 Å². The summed E-state index contributed by atoms with van der Waals surface area (Å²) in [4.78, 5) is 16.8. The number of carbonyl (C=O) groups is 1. The van der Waals surface area contributed by atoms with E-state index in [0.29, 0.717) is 0 Å². The lowest BCUT2D eigenvalue weighted by Gasteiger charge is -2.38. The molecular weight excluding hydrogens is 324 g/mol. The van der Waals surface area contributed by atoms with Gasteiger partial charge in [-0.1, -0.05) is 50.2 Å². The average molecular weight is 352 g/mol. The lowest BCUT2D eigenvalue weighted by atomic mass is 10.0. The van der Waals surface area contributed by atoms with E-state index in [4.69, 9.17) is 4.74 Å². The Bertz CT molecular complexity index is 700. The minimum atomic E-state index is 0.0630. The maximum Gasteiger partial charge on any atom is 0.260 e. The summed E-state index contributed by atoms with van der Waals surface area (Å²) in [6.07, 6.45) is 2.07. The predicted molar refractivity (Wildman–Crippen MR) is 106 cm³/mol. The fourth-order valence-electron chi connectivity index (χ4n) is 3.55. The summed E-state index contributed by atoms with van der Waals surface area (Å²) in [5.41, 5.74) is 4.18. The summed E-state index contributed by atoms with van der Waals surface area (Å²) in [5, 5.41) is 0. The number of ether oxygens (including phenoxy) is 1. The van der Waals surface area contributed by atoms with E-state index in [1.54, 1.807) is 0 Å². The third kappa shape index (κ3) is 4.18. The van der Waals surface area contributed by atoms with E-state index in [1.807, 2.05) is 35.2 Å². The number of anilines is 1. The molecule has 0 N–H and O–H groups in total. The van der Waals surface area contributed by atoms with Gasteiger partial charge in [-0.3, -0.25) is 4.79 Å². The third-order valence-corrected chi connectivity index (χ3v) is 5.02. The Hall–Kier alpha value is -2.49. The van der Waals surface area contributed by atoms with Gasteiger partial charge in [-0.05, 0) is 36.1 Å². The molecule has 26 heavy (non-hydrogen) atoms. The van der Waals surface area contributed by atoms with E-state index in [9.17, 15) is 4.79 Å². The Balaban J connectivity index is 1.58. The molecule has 4 heteroatoms. The fraction of sp³-hybridized carbons (Fsp3) is 0.409. The van der Waals surface area contributed by atoms with E-state index in [2.05, 4.69) is 36.9 Å². The first kappa shape index (κ1) is 18.3. The van der Waals surface area contributed by atoms with Gasteiger partial charge < -0.3 is 14.5 Å². The molecule has 0 bridgehead atoms. The molecule has 0 spiro atoms. The van der Waals surface area contributed by atoms with Crippen molar-refractivity contribution in [3.63, 3.8) is 0 Å². The van der Waals surface area contributed by atoms with Gasteiger partial charge in [0.1, 0.15) is 5.75 Å². The van der Waals surface area contributed by atoms with Crippen LogP contribution in [0.2, 0.25) is 0 Å². The second-order valence-electron chi connectivity index (χ2n) is 6.60. The van der Waals surface area contributed by atoms with Crippen molar-refractivity contribution in [1.82, 2.24) is 4.90 Å². The lowest BCUT2D eigenvalue weighted by Crippen LogP contribution is -2.50. The number of nitrogens with zero attached hydrogens (tertiary/aromatic N) is 2. The molecule has 3 rings (SSSR count). The first-order chi connectivity index (χ1) is 12.7. The molecule has 0 atom stereocenters. The zero-order chi connectivity index (χ0) is 18.4. The quantitative estimate of drug-likeness (QED) is 0.797. The number of hydrogen-bond donors (Lipinski definition) is 0. The molecule has 1 fully saturated rings.